The van der Waals surface area contributed by atoms with E-state index in [1.54, 1.807) is 11.9 Å². The summed E-state index contributed by atoms with van der Waals surface area (Å²) < 4.78 is 5.28. The van der Waals surface area contributed by atoms with Crippen molar-refractivity contribution in [3.8, 4) is 0 Å². The average molecular weight is 229 g/mol. The Morgan fingerprint density at radius 3 is 2.50 bits per heavy atom. The minimum atomic E-state index is -0.718. The predicted molar refractivity (Wildman–Crippen MR) is 56.4 cm³/mol. The van der Waals surface area contributed by atoms with E-state index in [4.69, 9.17) is 14.5 Å². The average Bonchev–Trinajstić information content (AvgIpc) is 2.96. The van der Waals surface area contributed by atoms with Gasteiger partial charge in [-0.3, -0.25) is 4.79 Å². The minimum absolute atomic E-state index is 0.0497. The van der Waals surface area contributed by atoms with Crippen LogP contribution >= 0.6 is 0 Å². The van der Waals surface area contributed by atoms with Gasteiger partial charge in [-0.2, -0.15) is 0 Å². The molecule has 5 nitrogen and oxygen atoms in total. The lowest BCUT2D eigenvalue weighted by molar-refractivity contribution is -0.426. The van der Waals surface area contributed by atoms with Crippen LogP contribution in [0.25, 0.3) is 0 Å². The number of hydrogen-bond donors (Lipinski definition) is 0. The van der Waals surface area contributed by atoms with Gasteiger partial charge in [-0.15, -0.1) is 0 Å². The maximum atomic E-state index is 11.6. The first kappa shape index (κ1) is 11.8. The Hall–Kier alpha value is -0.650. The molecule has 0 aromatic heterocycles. The van der Waals surface area contributed by atoms with Crippen LogP contribution in [0.5, 0.6) is 0 Å². The lowest BCUT2D eigenvalue weighted by Crippen LogP contribution is -2.51. The van der Waals surface area contributed by atoms with E-state index in [1.165, 1.54) is 0 Å². The van der Waals surface area contributed by atoms with Crippen molar-refractivity contribution >= 4 is 5.91 Å². The number of amides is 1. The SMILES string of the molecule is CN1C(=O)CC[C@]1(OOC(C)(C)C)[C@@H]1CO1. The van der Waals surface area contributed by atoms with Crippen molar-refractivity contribution in [2.75, 3.05) is 13.7 Å². The third-order valence-corrected chi connectivity index (χ3v) is 2.91. The lowest BCUT2D eigenvalue weighted by Gasteiger charge is -2.35. The van der Waals surface area contributed by atoms with E-state index < -0.39 is 11.3 Å². The van der Waals surface area contributed by atoms with Gasteiger partial charge in [-0.1, -0.05) is 0 Å². The quantitative estimate of drug-likeness (QED) is 0.413. The zero-order chi connectivity index (χ0) is 12.0. The number of carbonyl (C=O) groups is 1. The second kappa shape index (κ2) is 3.68. The molecule has 2 saturated heterocycles. The molecule has 0 N–H and O–H groups in total. The summed E-state index contributed by atoms with van der Waals surface area (Å²) in [6.45, 7) is 6.35. The fourth-order valence-corrected chi connectivity index (χ4v) is 1.87. The largest absolute Gasteiger partial charge is 0.368 e. The van der Waals surface area contributed by atoms with Crippen LogP contribution in [0.2, 0.25) is 0 Å². The smallest absolute Gasteiger partial charge is 0.224 e. The molecule has 2 aliphatic heterocycles. The summed E-state index contributed by atoms with van der Waals surface area (Å²) in [6, 6.07) is 0. The van der Waals surface area contributed by atoms with Crippen LogP contribution in [-0.2, 0) is 19.3 Å². The Labute approximate surface area is 95.6 Å². The number of epoxide rings is 1. The number of carbonyl (C=O) groups excluding carboxylic acids is 1. The molecule has 2 heterocycles. The fourth-order valence-electron chi connectivity index (χ4n) is 1.87. The van der Waals surface area contributed by atoms with Crippen LogP contribution < -0.4 is 0 Å². The van der Waals surface area contributed by atoms with Crippen LogP contribution in [0.4, 0.5) is 0 Å². The second-order valence-electron chi connectivity index (χ2n) is 5.40. The molecule has 5 heteroatoms. The number of hydrogen-bond acceptors (Lipinski definition) is 4. The highest BCUT2D eigenvalue weighted by Crippen LogP contribution is 2.40. The Kier molecular flexibility index (Phi) is 2.72. The van der Waals surface area contributed by atoms with Crippen LogP contribution in [0.15, 0.2) is 0 Å². The summed E-state index contributed by atoms with van der Waals surface area (Å²) in [7, 11) is 1.74. The van der Waals surface area contributed by atoms with Gasteiger partial charge in [-0.25, -0.2) is 9.78 Å². The van der Waals surface area contributed by atoms with Gasteiger partial charge in [-0.05, 0) is 20.8 Å². The monoisotopic (exact) mass is 229 g/mol. The summed E-state index contributed by atoms with van der Waals surface area (Å²) in [5.41, 5.74) is -1.11. The van der Waals surface area contributed by atoms with Gasteiger partial charge in [0, 0.05) is 19.9 Å². The zero-order valence-corrected chi connectivity index (χ0v) is 10.3. The molecule has 0 radical (unpaired) electrons. The van der Waals surface area contributed by atoms with Crippen LogP contribution in [0.1, 0.15) is 33.6 Å². The second-order valence-corrected chi connectivity index (χ2v) is 5.40. The fraction of sp³-hybridized carbons (Fsp3) is 0.909. The highest BCUT2D eigenvalue weighted by atomic mass is 17.2. The number of likely N-dealkylation sites (N-methyl/N-ethyl adjacent to an activating group) is 1. The van der Waals surface area contributed by atoms with E-state index in [0.717, 1.165) is 0 Å². The molecule has 0 spiro atoms. The molecule has 92 valence electrons. The summed E-state index contributed by atoms with van der Waals surface area (Å²) in [5.74, 6) is 0.0769. The molecule has 2 atom stereocenters. The van der Waals surface area contributed by atoms with E-state index in [0.29, 0.717) is 19.4 Å². The van der Waals surface area contributed by atoms with Gasteiger partial charge in [0.05, 0.1) is 12.2 Å². The van der Waals surface area contributed by atoms with Crippen molar-refractivity contribution in [3.05, 3.63) is 0 Å². The molecule has 0 unspecified atom stereocenters. The molecule has 1 amide bonds. The molecule has 16 heavy (non-hydrogen) atoms. The van der Waals surface area contributed by atoms with Gasteiger partial charge in [0.25, 0.3) is 0 Å². The summed E-state index contributed by atoms with van der Waals surface area (Å²) in [4.78, 5) is 24.1. The molecule has 0 aromatic carbocycles. The number of nitrogens with zero attached hydrogens (tertiary/aromatic N) is 1. The molecular weight excluding hydrogens is 210 g/mol. The van der Waals surface area contributed by atoms with Gasteiger partial charge in [0.1, 0.15) is 6.10 Å². The first-order valence-corrected chi connectivity index (χ1v) is 5.60. The van der Waals surface area contributed by atoms with Crippen LogP contribution in [0.3, 0.4) is 0 Å². The summed E-state index contributed by atoms with van der Waals surface area (Å²) >= 11 is 0. The number of rotatable bonds is 3. The van der Waals surface area contributed by atoms with Crippen molar-refractivity contribution in [2.45, 2.75) is 51.0 Å². The Balaban J connectivity index is 2.08. The molecular formula is C11H19NO4. The standard InChI is InChI=1S/C11H19NO4/c1-10(2,3)15-16-11(8-7-14-8)6-5-9(13)12(11)4/h8H,5-7H2,1-4H3/t8-,11-/m0/s1. The Morgan fingerprint density at radius 2 is 2.12 bits per heavy atom. The maximum Gasteiger partial charge on any atom is 0.224 e. The van der Waals surface area contributed by atoms with Crippen molar-refractivity contribution < 1.29 is 19.3 Å². The third kappa shape index (κ3) is 2.07. The van der Waals surface area contributed by atoms with E-state index in [9.17, 15) is 4.79 Å². The van der Waals surface area contributed by atoms with Gasteiger partial charge < -0.3 is 9.64 Å². The molecule has 0 aliphatic carbocycles. The topological polar surface area (TPSA) is 51.3 Å². The maximum absolute atomic E-state index is 11.6. The van der Waals surface area contributed by atoms with Crippen molar-refractivity contribution in [1.82, 2.24) is 4.90 Å². The van der Waals surface area contributed by atoms with Gasteiger partial charge >= 0.3 is 0 Å². The van der Waals surface area contributed by atoms with E-state index in [-0.39, 0.29) is 12.0 Å². The highest BCUT2D eigenvalue weighted by molar-refractivity contribution is 5.79. The molecule has 2 fully saturated rings. The van der Waals surface area contributed by atoms with Crippen molar-refractivity contribution in [2.24, 2.45) is 0 Å². The third-order valence-electron chi connectivity index (χ3n) is 2.91. The minimum Gasteiger partial charge on any atom is -0.368 e. The summed E-state index contributed by atoms with van der Waals surface area (Å²) in [5, 5.41) is 0. The summed E-state index contributed by atoms with van der Waals surface area (Å²) in [6.07, 6.45) is 1.07. The number of ether oxygens (including phenoxy) is 1. The van der Waals surface area contributed by atoms with Crippen LogP contribution in [-0.4, -0.2) is 41.9 Å². The van der Waals surface area contributed by atoms with E-state index in [2.05, 4.69) is 0 Å². The molecule has 0 bridgehead atoms. The Bertz CT molecular complexity index is 295. The lowest BCUT2D eigenvalue weighted by atomic mass is 10.1. The molecule has 2 rings (SSSR count). The van der Waals surface area contributed by atoms with Crippen molar-refractivity contribution in [3.63, 3.8) is 0 Å². The first-order valence-electron chi connectivity index (χ1n) is 5.60. The van der Waals surface area contributed by atoms with Crippen molar-refractivity contribution in [1.29, 1.82) is 0 Å². The van der Waals surface area contributed by atoms with Gasteiger partial charge in [0.2, 0.25) is 11.6 Å². The Morgan fingerprint density at radius 1 is 1.50 bits per heavy atom. The van der Waals surface area contributed by atoms with E-state index >= 15 is 0 Å². The highest BCUT2D eigenvalue weighted by Gasteiger charge is 2.57. The van der Waals surface area contributed by atoms with Gasteiger partial charge in [0.15, 0.2) is 0 Å². The molecule has 0 saturated carbocycles. The normalized spacial score (nSPS) is 34.6. The predicted octanol–water partition coefficient (Wildman–Crippen LogP) is 1.08. The molecule has 2 aliphatic rings. The van der Waals surface area contributed by atoms with Crippen LogP contribution in [0, 0.1) is 0 Å². The van der Waals surface area contributed by atoms with E-state index in [1.807, 2.05) is 20.8 Å². The zero-order valence-electron chi connectivity index (χ0n) is 10.3. The first-order chi connectivity index (χ1) is 7.35. The molecule has 0 aromatic rings. The number of likely N-dealkylation sites (tertiary alicyclic amines) is 1.